The molecule has 0 spiro atoms. The molecule has 0 aliphatic heterocycles. The largest absolute Gasteiger partial charge is 0.319 e. The van der Waals surface area contributed by atoms with Crippen molar-refractivity contribution in [2.45, 2.75) is 6.42 Å². The number of hydrogen-bond donors (Lipinski definition) is 3. The highest BCUT2D eigenvalue weighted by molar-refractivity contribution is 6.04. The van der Waals surface area contributed by atoms with Gasteiger partial charge in [-0.15, -0.1) is 0 Å². The van der Waals surface area contributed by atoms with E-state index in [4.69, 9.17) is 0 Å². The number of carbonyl (C=O) groups excluding carboxylic acids is 1. The van der Waals surface area contributed by atoms with E-state index in [1.54, 1.807) is 12.3 Å². The molecule has 1 aromatic carbocycles. The fourth-order valence-corrected chi connectivity index (χ4v) is 1.73. The summed E-state index contributed by atoms with van der Waals surface area (Å²) in [4.78, 5) is 12.1. The molecule has 0 aliphatic carbocycles. The molecule has 0 fully saturated rings. The number of H-pyrrole nitrogens is 1. The van der Waals surface area contributed by atoms with Crippen LogP contribution in [0.1, 0.15) is 15.9 Å². The molecule has 5 nitrogen and oxygen atoms in total. The van der Waals surface area contributed by atoms with Crippen molar-refractivity contribution in [1.82, 2.24) is 15.5 Å². The SMILES string of the molecule is CNCCc1ccccc1C(=O)Nc1ccn[nH]1. The van der Waals surface area contributed by atoms with Gasteiger partial charge in [-0.3, -0.25) is 9.89 Å². The Morgan fingerprint density at radius 3 is 2.89 bits per heavy atom. The van der Waals surface area contributed by atoms with Crippen LogP contribution in [0.3, 0.4) is 0 Å². The van der Waals surface area contributed by atoms with Gasteiger partial charge in [0.2, 0.25) is 0 Å². The number of rotatable bonds is 5. The summed E-state index contributed by atoms with van der Waals surface area (Å²) in [6, 6.07) is 9.33. The Morgan fingerprint density at radius 1 is 1.33 bits per heavy atom. The number of nitrogens with zero attached hydrogens (tertiary/aromatic N) is 1. The minimum absolute atomic E-state index is 0.119. The highest BCUT2D eigenvalue weighted by Gasteiger charge is 2.10. The Balaban J connectivity index is 2.13. The molecule has 0 unspecified atom stereocenters. The summed E-state index contributed by atoms with van der Waals surface area (Å²) < 4.78 is 0. The van der Waals surface area contributed by atoms with E-state index >= 15 is 0 Å². The number of hydrogen-bond acceptors (Lipinski definition) is 3. The first-order valence-electron chi connectivity index (χ1n) is 5.84. The lowest BCUT2D eigenvalue weighted by Crippen LogP contribution is -2.17. The topological polar surface area (TPSA) is 69.8 Å². The number of nitrogens with one attached hydrogen (secondary N) is 3. The van der Waals surface area contributed by atoms with Crippen LogP contribution >= 0.6 is 0 Å². The second-order valence-electron chi connectivity index (χ2n) is 3.94. The van der Waals surface area contributed by atoms with E-state index in [0.29, 0.717) is 11.4 Å². The normalized spacial score (nSPS) is 10.3. The first-order chi connectivity index (χ1) is 8.81. The predicted octanol–water partition coefficient (Wildman–Crippen LogP) is 1.42. The molecule has 0 aliphatic rings. The molecule has 0 saturated carbocycles. The van der Waals surface area contributed by atoms with Crippen LogP contribution in [0.15, 0.2) is 36.5 Å². The molecule has 0 atom stereocenters. The molecule has 5 heteroatoms. The molecule has 1 amide bonds. The Hall–Kier alpha value is -2.14. The predicted molar refractivity (Wildman–Crippen MR) is 70.6 cm³/mol. The third-order valence-electron chi connectivity index (χ3n) is 2.66. The van der Waals surface area contributed by atoms with E-state index < -0.39 is 0 Å². The minimum atomic E-state index is -0.119. The maximum atomic E-state index is 12.1. The van der Waals surface area contributed by atoms with Gasteiger partial charge in [-0.25, -0.2) is 0 Å². The van der Waals surface area contributed by atoms with E-state index in [0.717, 1.165) is 18.5 Å². The van der Waals surface area contributed by atoms with Crippen molar-refractivity contribution in [2.24, 2.45) is 0 Å². The van der Waals surface area contributed by atoms with Crippen molar-refractivity contribution in [3.8, 4) is 0 Å². The van der Waals surface area contributed by atoms with E-state index in [2.05, 4.69) is 20.8 Å². The van der Waals surface area contributed by atoms with Gasteiger partial charge >= 0.3 is 0 Å². The van der Waals surface area contributed by atoms with Crippen LogP contribution in [0.4, 0.5) is 5.82 Å². The minimum Gasteiger partial charge on any atom is -0.319 e. The molecule has 0 saturated heterocycles. The van der Waals surface area contributed by atoms with Crippen LogP contribution in [-0.4, -0.2) is 29.7 Å². The third-order valence-corrected chi connectivity index (χ3v) is 2.66. The van der Waals surface area contributed by atoms with Crippen LogP contribution in [0.2, 0.25) is 0 Å². The van der Waals surface area contributed by atoms with Crippen LogP contribution in [0.5, 0.6) is 0 Å². The number of anilines is 1. The van der Waals surface area contributed by atoms with Gasteiger partial charge in [0.15, 0.2) is 0 Å². The van der Waals surface area contributed by atoms with Gasteiger partial charge in [-0.2, -0.15) is 5.10 Å². The van der Waals surface area contributed by atoms with E-state index in [-0.39, 0.29) is 5.91 Å². The Bertz CT molecular complexity index is 507. The third kappa shape index (κ3) is 2.95. The van der Waals surface area contributed by atoms with Crippen molar-refractivity contribution in [3.05, 3.63) is 47.7 Å². The van der Waals surface area contributed by atoms with Crippen LogP contribution < -0.4 is 10.6 Å². The fourth-order valence-electron chi connectivity index (χ4n) is 1.73. The summed E-state index contributed by atoms with van der Waals surface area (Å²) in [6.45, 7) is 0.842. The number of likely N-dealkylation sites (N-methyl/N-ethyl adjacent to an activating group) is 1. The number of carbonyl (C=O) groups is 1. The number of aromatic amines is 1. The molecule has 1 aromatic heterocycles. The summed E-state index contributed by atoms with van der Waals surface area (Å²) in [5, 5.41) is 12.4. The molecule has 1 heterocycles. The van der Waals surface area contributed by atoms with Crippen LogP contribution in [0, 0.1) is 0 Å². The first-order valence-corrected chi connectivity index (χ1v) is 5.84. The van der Waals surface area contributed by atoms with Gasteiger partial charge in [0.1, 0.15) is 5.82 Å². The number of benzene rings is 1. The molecular formula is C13H16N4O. The highest BCUT2D eigenvalue weighted by Crippen LogP contribution is 2.11. The molecular weight excluding hydrogens is 228 g/mol. The average molecular weight is 244 g/mol. The monoisotopic (exact) mass is 244 g/mol. The van der Waals surface area contributed by atoms with Crippen LogP contribution in [0.25, 0.3) is 0 Å². The zero-order chi connectivity index (χ0) is 12.8. The van der Waals surface area contributed by atoms with Gasteiger partial charge in [0, 0.05) is 11.6 Å². The van der Waals surface area contributed by atoms with Crippen LogP contribution in [-0.2, 0) is 6.42 Å². The maximum absolute atomic E-state index is 12.1. The molecule has 2 aromatic rings. The van der Waals surface area contributed by atoms with Gasteiger partial charge in [-0.05, 0) is 31.6 Å². The first kappa shape index (κ1) is 12.3. The standard InChI is InChI=1S/C13H16N4O/c1-14-8-6-10-4-2-3-5-11(10)13(18)16-12-7-9-15-17-12/h2-5,7,9,14H,6,8H2,1H3,(H2,15,16,17,18). The number of aromatic nitrogens is 2. The quantitative estimate of drug-likeness (QED) is 0.745. The summed E-state index contributed by atoms with van der Waals surface area (Å²) >= 11 is 0. The van der Waals surface area contributed by atoms with E-state index in [1.807, 2.05) is 31.3 Å². The molecule has 94 valence electrons. The van der Waals surface area contributed by atoms with Gasteiger partial charge in [0.25, 0.3) is 5.91 Å². The number of amides is 1. The lowest BCUT2D eigenvalue weighted by atomic mass is 10.0. The molecule has 18 heavy (non-hydrogen) atoms. The van der Waals surface area contributed by atoms with Crippen molar-refractivity contribution >= 4 is 11.7 Å². The van der Waals surface area contributed by atoms with E-state index in [9.17, 15) is 4.79 Å². The summed E-state index contributed by atoms with van der Waals surface area (Å²) in [5.74, 6) is 0.481. The summed E-state index contributed by atoms with van der Waals surface area (Å²) in [5.41, 5.74) is 1.73. The Labute approximate surface area is 106 Å². The van der Waals surface area contributed by atoms with E-state index in [1.165, 1.54) is 0 Å². The molecule has 0 radical (unpaired) electrons. The molecule has 0 bridgehead atoms. The van der Waals surface area contributed by atoms with Gasteiger partial charge < -0.3 is 10.6 Å². The maximum Gasteiger partial charge on any atom is 0.257 e. The van der Waals surface area contributed by atoms with Crippen molar-refractivity contribution in [1.29, 1.82) is 0 Å². The second kappa shape index (κ2) is 5.97. The van der Waals surface area contributed by atoms with Crippen molar-refractivity contribution in [3.63, 3.8) is 0 Å². The lowest BCUT2D eigenvalue weighted by Gasteiger charge is -2.08. The molecule has 3 N–H and O–H groups in total. The zero-order valence-electron chi connectivity index (χ0n) is 10.2. The zero-order valence-corrected chi connectivity index (χ0v) is 10.2. The summed E-state index contributed by atoms with van der Waals surface area (Å²) in [7, 11) is 1.90. The lowest BCUT2D eigenvalue weighted by molar-refractivity contribution is 0.102. The summed E-state index contributed by atoms with van der Waals surface area (Å²) in [6.07, 6.45) is 2.42. The fraction of sp³-hybridized carbons (Fsp3) is 0.231. The molecule has 2 rings (SSSR count). The Kier molecular flexibility index (Phi) is 4.09. The smallest absolute Gasteiger partial charge is 0.257 e. The van der Waals surface area contributed by atoms with Crippen molar-refractivity contribution < 1.29 is 4.79 Å². The Morgan fingerprint density at radius 2 is 2.17 bits per heavy atom. The van der Waals surface area contributed by atoms with Gasteiger partial charge in [-0.1, -0.05) is 18.2 Å². The van der Waals surface area contributed by atoms with Crippen molar-refractivity contribution in [2.75, 3.05) is 18.9 Å². The highest BCUT2D eigenvalue weighted by atomic mass is 16.1. The van der Waals surface area contributed by atoms with Gasteiger partial charge in [0.05, 0.1) is 6.20 Å². The second-order valence-corrected chi connectivity index (χ2v) is 3.94. The average Bonchev–Trinajstić information content (AvgIpc) is 2.89.